The fourth-order valence-electron chi connectivity index (χ4n) is 4.29. The Morgan fingerprint density at radius 3 is 2.20 bits per heavy atom. The molecular weight excluding hydrogens is 573 g/mol. The van der Waals surface area contributed by atoms with Crippen molar-refractivity contribution < 1.29 is 41.9 Å². The number of hydrogen-bond acceptors (Lipinski definition) is 10. The zero-order valence-electron chi connectivity index (χ0n) is 25.5. The number of ether oxygens (including phenoxy) is 2. The van der Waals surface area contributed by atoms with Gasteiger partial charge in [0.2, 0.25) is 16.4 Å². The number of rotatable bonds is 15. The molecule has 0 spiro atoms. The first kappa shape index (κ1) is 35.2. The van der Waals surface area contributed by atoms with E-state index < -0.39 is 45.4 Å². The van der Waals surface area contributed by atoms with Gasteiger partial charge in [-0.25, -0.2) is 4.79 Å². The first-order valence-corrected chi connectivity index (χ1v) is 19.3. The number of β-lactam (4-membered cyclic amide) rings is 1. The van der Waals surface area contributed by atoms with Crippen LogP contribution in [0.25, 0.3) is 0 Å². The molecule has 230 valence electrons. The van der Waals surface area contributed by atoms with Crippen molar-refractivity contribution in [3.63, 3.8) is 0 Å². The Kier molecular flexibility index (Phi) is 13.2. The summed E-state index contributed by atoms with van der Waals surface area (Å²) in [5, 5.41) is -1.05. The first-order valence-electron chi connectivity index (χ1n) is 14.0. The van der Waals surface area contributed by atoms with E-state index in [0.717, 1.165) is 18.2 Å². The van der Waals surface area contributed by atoms with Crippen molar-refractivity contribution in [3.05, 3.63) is 12.7 Å². The monoisotopic (exact) mass is 621 g/mol. The van der Waals surface area contributed by atoms with Crippen LogP contribution in [0.5, 0.6) is 0 Å². The quantitative estimate of drug-likeness (QED) is 0.0780. The van der Waals surface area contributed by atoms with Crippen LogP contribution < -0.4 is 0 Å². The van der Waals surface area contributed by atoms with E-state index in [2.05, 4.69) is 40.4 Å². The minimum absolute atomic E-state index is 0.0876. The zero-order valence-corrected chi connectivity index (χ0v) is 28.2. The molecule has 2 aliphatic rings. The van der Waals surface area contributed by atoms with Crippen LogP contribution in [0.15, 0.2) is 12.7 Å². The van der Waals surface area contributed by atoms with Gasteiger partial charge in [0.1, 0.15) is 18.1 Å². The highest BCUT2D eigenvalue weighted by molar-refractivity contribution is 8.14. The van der Waals surface area contributed by atoms with E-state index in [1.54, 1.807) is 20.8 Å². The largest absolute Gasteiger partial charge is 0.457 e. The molecule has 0 unspecified atom stereocenters. The van der Waals surface area contributed by atoms with Gasteiger partial charge in [-0.1, -0.05) is 45.2 Å². The maximum Gasteiger partial charge on any atom is 0.362 e. The average Bonchev–Trinajstić information content (AvgIpc) is 3.40. The zero-order chi connectivity index (χ0) is 30.3. The molecule has 2 saturated heterocycles. The van der Waals surface area contributed by atoms with Crippen LogP contribution in [0, 0.1) is 5.92 Å². The number of nitrogens with zero attached hydrogens (tertiary/aromatic N) is 1. The molecule has 0 aromatic heterocycles. The van der Waals surface area contributed by atoms with Gasteiger partial charge in [-0.2, -0.15) is 0 Å². The molecule has 0 aliphatic carbocycles. The molecular formula is C27H48NO9PSSi. The highest BCUT2D eigenvalue weighted by Crippen LogP contribution is 2.56. The number of carbonyl (C=O) groups is 3. The molecule has 0 N–H and O–H groups in total. The van der Waals surface area contributed by atoms with Gasteiger partial charge in [-0.15, -0.1) is 0 Å². The topological polar surface area (TPSA) is 110 Å². The standard InChI is InChI=1S/C27H48NO9PSSi/c1-11-17-33-25(30)23(38(34-12-2,35-13-3)36-14-4)28-22(29)21(19(5)37-40(9,10)27(6,7)8)24(28)39-26(31)20-16-15-18-32-20/h11,19-21,24H,1,12-18H2,2-10H3/t19-,20-,21+,24-/m1/s1. The Hall–Kier alpha value is -0.983. The van der Waals surface area contributed by atoms with Crippen LogP contribution in [-0.4, -0.2) is 86.2 Å². The van der Waals surface area contributed by atoms with E-state index >= 15 is 0 Å². The minimum Gasteiger partial charge on any atom is -0.457 e. The fraction of sp³-hybridized carbons (Fsp3) is 0.778. The van der Waals surface area contributed by atoms with Gasteiger partial charge in [0.15, 0.2) is 8.32 Å². The molecule has 0 aromatic rings. The molecule has 2 heterocycles. The Morgan fingerprint density at radius 1 is 1.18 bits per heavy atom. The summed E-state index contributed by atoms with van der Waals surface area (Å²) in [7, 11) is -5.83. The van der Waals surface area contributed by atoms with Crippen molar-refractivity contribution in [2.75, 3.05) is 33.0 Å². The average molecular weight is 622 g/mol. The van der Waals surface area contributed by atoms with Gasteiger partial charge < -0.3 is 27.5 Å². The van der Waals surface area contributed by atoms with E-state index in [0.29, 0.717) is 13.0 Å². The summed E-state index contributed by atoms with van der Waals surface area (Å²) < 4.78 is 35.7. The van der Waals surface area contributed by atoms with Crippen LogP contribution in [0.2, 0.25) is 18.1 Å². The summed E-state index contributed by atoms with van der Waals surface area (Å²) in [5.41, 5.74) is -0.154. The Morgan fingerprint density at radius 2 is 1.75 bits per heavy atom. The van der Waals surface area contributed by atoms with E-state index in [1.807, 2.05) is 6.92 Å². The lowest BCUT2D eigenvalue weighted by Gasteiger charge is -2.51. The van der Waals surface area contributed by atoms with Crippen molar-refractivity contribution in [2.45, 2.75) is 97.0 Å². The van der Waals surface area contributed by atoms with Gasteiger partial charge in [0.25, 0.3) is 7.57 Å². The van der Waals surface area contributed by atoms with E-state index in [9.17, 15) is 14.4 Å². The smallest absolute Gasteiger partial charge is 0.362 e. The van der Waals surface area contributed by atoms with Crippen LogP contribution in [0.3, 0.4) is 0 Å². The van der Waals surface area contributed by atoms with Gasteiger partial charge >= 0.3 is 5.97 Å². The predicted molar refractivity (Wildman–Crippen MR) is 161 cm³/mol. The minimum atomic E-state index is -3.57. The molecule has 40 heavy (non-hydrogen) atoms. The number of hydrogen-bond donors (Lipinski definition) is 0. The normalized spacial score (nSPS) is 22.6. The lowest BCUT2D eigenvalue weighted by Crippen LogP contribution is -2.68. The summed E-state index contributed by atoms with van der Waals surface area (Å²) >= 11 is 0.984. The highest BCUT2D eigenvalue weighted by Gasteiger charge is 2.58. The van der Waals surface area contributed by atoms with E-state index in [1.165, 1.54) is 11.0 Å². The predicted octanol–water partition coefficient (Wildman–Crippen LogP) is 5.35. The van der Waals surface area contributed by atoms with Crippen LogP contribution in [0.4, 0.5) is 0 Å². The van der Waals surface area contributed by atoms with Crippen molar-refractivity contribution in [1.82, 2.24) is 4.90 Å². The molecule has 0 saturated carbocycles. The fourth-order valence-corrected chi connectivity index (χ4v) is 9.56. The third kappa shape index (κ3) is 7.89. The van der Waals surface area contributed by atoms with E-state index in [-0.39, 0.29) is 47.9 Å². The molecule has 0 radical (unpaired) electrons. The Labute approximate surface area is 245 Å². The summed E-state index contributed by atoms with van der Waals surface area (Å²) in [6.45, 7) is 22.2. The number of amides is 1. The lowest BCUT2D eigenvalue weighted by molar-refractivity contribution is -0.151. The van der Waals surface area contributed by atoms with E-state index in [4.69, 9.17) is 27.5 Å². The second-order valence-corrected chi connectivity index (χ2v) is 19.2. The molecule has 2 rings (SSSR count). The summed E-state index contributed by atoms with van der Waals surface area (Å²) in [6, 6.07) is 0. The van der Waals surface area contributed by atoms with Gasteiger partial charge in [0, 0.05) is 6.61 Å². The highest BCUT2D eigenvalue weighted by atomic mass is 32.2. The van der Waals surface area contributed by atoms with Crippen molar-refractivity contribution in [2.24, 2.45) is 5.92 Å². The summed E-state index contributed by atoms with van der Waals surface area (Å²) in [6.07, 6.45) is 1.75. The van der Waals surface area contributed by atoms with Gasteiger partial charge in [-0.3, -0.25) is 14.5 Å². The molecule has 10 nitrogen and oxygen atoms in total. The van der Waals surface area contributed by atoms with Gasteiger partial charge in [-0.05, 0) is 58.7 Å². The second kappa shape index (κ2) is 15.0. The number of likely N-dealkylation sites (tertiary alicyclic amines) is 1. The summed E-state index contributed by atoms with van der Waals surface area (Å²) in [4.78, 5) is 42.3. The van der Waals surface area contributed by atoms with Crippen LogP contribution in [0.1, 0.15) is 61.3 Å². The van der Waals surface area contributed by atoms with Crippen LogP contribution in [-0.2, 0) is 41.9 Å². The van der Waals surface area contributed by atoms with Crippen molar-refractivity contribution in [1.29, 1.82) is 0 Å². The van der Waals surface area contributed by atoms with Crippen molar-refractivity contribution in [3.8, 4) is 0 Å². The Bertz CT molecular complexity index is 954. The third-order valence-electron chi connectivity index (χ3n) is 7.21. The molecule has 2 fully saturated rings. The summed E-state index contributed by atoms with van der Waals surface area (Å²) in [5.74, 6) is -1.89. The van der Waals surface area contributed by atoms with Gasteiger partial charge in [0.05, 0.1) is 31.8 Å². The maximum absolute atomic E-state index is 14.0. The maximum atomic E-state index is 14.0. The Balaban J connectivity index is 2.67. The SMILES string of the molecule is C=CCOC(=O)C(N1C(=O)[C@H]([C@@H](C)O[Si](C)(C)C(C)(C)C)[C@H]1SC(=O)[C@H]1CCCO1)=P(OCC)(OCC)OCC. The number of thioether (sulfide) groups is 1. The van der Waals surface area contributed by atoms with Crippen molar-refractivity contribution >= 4 is 50.1 Å². The number of carbonyl (C=O) groups excluding carboxylic acids is 3. The molecule has 4 atom stereocenters. The van der Waals surface area contributed by atoms with Crippen LogP contribution >= 0.6 is 19.3 Å². The molecule has 1 amide bonds. The second-order valence-electron chi connectivity index (χ2n) is 11.1. The molecule has 13 heteroatoms. The number of esters is 1. The lowest BCUT2D eigenvalue weighted by atomic mass is 9.93. The molecule has 2 aliphatic heterocycles. The molecule has 0 bridgehead atoms. The third-order valence-corrected chi connectivity index (χ3v) is 15.7. The first-order chi connectivity index (χ1) is 18.7. The molecule has 0 aromatic carbocycles.